The van der Waals surface area contributed by atoms with Crippen molar-refractivity contribution in [3.05, 3.63) is 59.1 Å². The first-order chi connectivity index (χ1) is 12.0. The summed E-state index contributed by atoms with van der Waals surface area (Å²) in [6.07, 6.45) is 2.14. The molecule has 4 rings (SSSR count). The van der Waals surface area contributed by atoms with E-state index >= 15 is 0 Å². The molecule has 0 fully saturated rings. The van der Waals surface area contributed by atoms with E-state index in [4.69, 9.17) is 0 Å². The average Bonchev–Trinajstić information content (AvgIpc) is 3.25. The van der Waals surface area contributed by atoms with Crippen molar-refractivity contribution in [3.63, 3.8) is 0 Å². The number of anilines is 1. The molecule has 0 aliphatic carbocycles. The van der Waals surface area contributed by atoms with Crippen LogP contribution in [0.4, 0.5) is 10.1 Å². The van der Waals surface area contributed by atoms with Gasteiger partial charge in [-0.1, -0.05) is 0 Å². The van der Waals surface area contributed by atoms with E-state index in [1.54, 1.807) is 21.8 Å². The Labute approximate surface area is 144 Å². The second-order valence-electron chi connectivity index (χ2n) is 6.26. The monoisotopic (exact) mass is 339 g/mol. The first-order valence-corrected chi connectivity index (χ1v) is 8.12. The zero-order chi connectivity index (χ0) is 17.7. The van der Waals surface area contributed by atoms with Gasteiger partial charge in [0.2, 0.25) is 5.95 Å². The van der Waals surface area contributed by atoms with Crippen LogP contribution in [0, 0.1) is 19.8 Å². The van der Waals surface area contributed by atoms with Crippen LogP contribution in [-0.2, 0) is 13.5 Å². The number of hydrogen-bond donors (Lipinski definition) is 0. The van der Waals surface area contributed by atoms with E-state index < -0.39 is 5.95 Å². The maximum Gasteiger partial charge on any atom is 0.263 e. The summed E-state index contributed by atoms with van der Waals surface area (Å²) in [6, 6.07) is 6.92. The fraction of sp³-hybridized carbons (Fsp3) is 0.278. The van der Waals surface area contributed by atoms with Crippen LogP contribution in [0.5, 0.6) is 0 Å². The summed E-state index contributed by atoms with van der Waals surface area (Å²) in [6.45, 7) is 4.47. The summed E-state index contributed by atoms with van der Waals surface area (Å²) < 4.78 is 17.0. The van der Waals surface area contributed by atoms with Crippen molar-refractivity contribution in [2.45, 2.75) is 20.3 Å². The Balaban J connectivity index is 1.79. The zero-order valence-electron chi connectivity index (χ0n) is 14.3. The van der Waals surface area contributed by atoms with Crippen LogP contribution in [0.15, 0.2) is 30.5 Å². The summed E-state index contributed by atoms with van der Waals surface area (Å²) in [5.41, 5.74) is 3.86. The number of carbonyl (C=O) groups is 1. The Morgan fingerprint density at radius 2 is 1.88 bits per heavy atom. The normalized spacial score (nSPS) is 13.4. The fourth-order valence-electron chi connectivity index (χ4n) is 3.44. The molecule has 0 bridgehead atoms. The largest absolute Gasteiger partial charge is 0.306 e. The number of rotatable bonds is 2. The van der Waals surface area contributed by atoms with Crippen LogP contribution in [0.3, 0.4) is 0 Å². The van der Waals surface area contributed by atoms with Gasteiger partial charge >= 0.3 is 0 Å². The minimum absolute atomic E-state index is 0.150. The molecule has 0 N–H and O–H groups in total. The van der Waals surface area contributed by atoms with Crippen LogP contribution < -0.4 is 4.90 Å². The van der Waals surface area contributed by atoms with Gasteiger partial charge in [-0.15, -0.1) is 0 Å². The van der Waals surface area contributed by atoms with Gasteiger partial charge in [-0.2, -0.15) is 9.49 Å². The Morgan fingerprint density at radius 3 is 2.60 bits per heavy atom. The Kier molecular flexibility index (Phi) is 3.45. The molecule has 1 amide bonds. The third kappa shape index (κ3) is 2.34. The number of carbonyl (C=O) groups excluding carboxylic acids is 1. The van der Waals surface area contributed by atoms with Crippen molar-refractivity contribution in [1.29, 1.82) is 0 Å². The molecule has 0 unspecified atom stereocenters. The SMILES string of the molecule is Cc1ccc(C)n1-c1c(C(=O)N2CCc3nc(F)ccc32)cnn1C. The summed E-state index contributed by atoms with van der Waals surface area (Å²) in [7, 11) is 1.82. The van der Waals surface area contributed by atoms with Crippen LogP contribution in [0.1, 0.15) is 27.4 Å². The van der Waals surface area contributed by atoms with Crippen LogP contribution >= 0.6 is 0 Å². The highest BCUT2D eigenvalue weighted by Gasteiger charge is 2.30. The molecule has 3 aromatic rings. The summed E-state index contributed by atoms with van der Waals surface area (Å²) in [5, 5.41) is 4.29. The highest BCUT2D eigenvalue weighted by atomic mass is 19.1. The minimum Gasteiger partial charge on any atom is -0.306 e. The van der Waals surface area contributed by atoms with Gasteiger partial charge in [0, 0.05) is 31.4 Å². The molecule has 1 aliphatic rings. The average molecular weight is 339 g/mol. The standard InChI is InChI=1S/C18H18FN5O/c1-11-4-5-12(2)24(11)17-13(10-20-22(17)3)18(25)23-9-8-14-15(23)6-7-16(19)21-14/h4-7,10H,8-9H2,1-3H3. The van der Waals surface area contributed by atoms with E-state index in [2.05, 4.69) is 10.1 Å². The summed E-state index contributed by atoms with van der Waals surface area (Å²) >= 11 is 0. The molecular formula is C18H18FN5O. The van der Waals surface area contributed by atoms with Gasteiger partial charge in [0.15, 0.2) is 0 Å². The van der Waals surface area contributed by atoms with Crippen molar-refractivity contribution < 1.29 is 9.18 Å². The third-order valence-electron chi connectivity index (χ3n) is 4.65. The molecule has 4 heterocycles. The maximum absolute atomic E-state index is 13.3. The molecule has 0 aromatic carbocycles. The van der Waals surface area contributed by atoms with Crippen molar-refractivity contribution in [1.82, 2.24) is 19.3 Å². The molecule has 0 saturated carbocycles. The third-order valence-corrected chi connectivity index (χ3v) is 4.65. The number of aromatic nitrogens is 4. The van der Waals surface area contributed by atoms with E-state index in [9.17, 15) is 9.18 Å². The highest BCUT2D eigenvalue weighted by Crippen LogP contribution is 2.29. The zero-order valence-corrected chi connectivity index (χ0v) is 14.3. The molecule has 7 heteroatoms. The number of nitrogens with zero attached hydrogens (tertiary/aromatic N) is 5. The van der Waals surface area contributed by atoms with Crippen LogP contribution in [-0.4, -0.2) is 31.8 Å². The van der Waals surface area contributed by atoms with Gasteiger partial charge in [-0.05, 0) is 38.1 Å². The van der Waals surface area contributed by atoms with E-state index in [1.165, 1.54) is 6.07 Å². The van der Waals surface area contributed by atoms with Crippen molar-refractivity contribution >= 4 is 11.6 Å². The van der Waals surface area contributed by atoms with Crippen molar-refractivity contribution in [2.24, 2.45) is 7.05 Å². The maximum atomic E-state index is 13.3. The number of hydrogen-bond acceptors (Lipinski definition) is 3. The Morgan fingerprint density at radius 1 is 1.16 bits per heavy atom. The number of amides is 1. The van der Waals surface area contributed by atoms with Gasteiger partial charge in [-0.3, -0.25) is 9.48 Å². The highest BCUT2D eigenvalue weighted by molar-refractivity contribution is 6.09. The molecular weight excluding hydrogens is 321 g/mol. The first kappa shape index (κ1) is 15.6. The lowest BCUT2D eigenvalue weighted by atomic mass is 10.2. The summed E-state index contributed by atoms with van der Waals surface area (Å²) in [5.74, 6) is 0.0602. The predicted octanol–water partition coefficient (Wildman–Crippen LogP) is 2.56. The minimum atomic E-state index is -0.520. The lowest BCUT2D eigenvalue weighted by Gasteiger charge is -2.18. The topological polar surface area (TPSA) is 56.0 Å². The van der Waals surface area contributed by atoms with Crippen LogP contribution in [0.25, 0.3) is 5.82 Å². The second kappa shape index (κ2) is 5.54. The number of pyridine rings is 1. The molecule has 0 atom stereocenters. The number of fused-ring (bicyclic) bond motifs is 1. The Hall–Kier alpha value is -2.96. The van der Waals surface area contributed by atoms with Gasteiger partial charge in [0.25, 0.3) is 5.91 Å². The van der Waals surface area contributed by atoms with Gasteiger partial charge in [0.1, 0.15) is 11.4 Å². The molecule has 0 spiro atoms. The summed E-state index contributed by atoms with van der Waals surface area (Å²) in [4.78, 5) is 18.7. The molecule has 25 heavy (non-hydrogen) atoms. The fourth-order valence-corrected chi connectivity index (χ4v) is 3.44. The molecule has 1 aliphatic heterocycles. The lowest BCUT2D eigenvalue weighted by molar-refractivity contribution is 0.0989. The number of halogens is 1. The molecule has 0 saturated heterocycles. The Bertz CT molecular complexity index is 968. The van der Waals surface area contributed by atoms with E-state index in [0.29, 0.717) is 29.9 Å². The van der Waals surface area contributed by atoms with E-state index in [-0.39, 0.29) is 5.91 Å². The molecule has 128 valence electrons. The second-order valence-corrected chi connectivity index (χ2v) is 6.26. The van der Waals surface area contributed by atoms with Crippen molar-refractivity contribution in [3.8, 4) is 5.82 Å². The van der Waals surface area contributed by atoms with E-state index in [0.717, 1.165) is 17.2 Å². The quantitative estimate of drug-likeness (QED) is 0.674. The molecule has 0 radical (unpaired) electrons. The van der Waals surface area contributed by atoms with E-state index in [1.807, 2.05) is 37.6 Å². The van der Waals surface area contributed by atoms with Gasteiger partial charge < -0.3 is 9.47 Å². The van der Waals surface area contributed by atoms with Gasteiger partial charge in [0.05, 0.1) is 17.6 Å². The van der Waals surface area contributed by atoms with Gasteiger partial charge in [-0.25, -0.2) is 4.98 Å². The first-order valence-electron chi connectivity index (χ1n) is 8.12. The molecule has 6 nitrogen and oxygen atoms in total. The lowest BCUT2D eigenvalue weighted by Crippen LogP contribution is -2.29. The smallest absolute Gasteiger partial charge is 0.263 e. The van der Waals surface area contributed by atoms with Crippen LogP contribution in [0.2, 0.25) is 0 Å². The number of aryl methyl sites for hydroxylation is 3. The predicted molar refractivity (Wildman–Crippen MR) is 91.6 cm³/mol. The molecule has 3 aromatic heterocycles. The van der Waals surface area contributed by atoms with Crippen molar-refractivity contribution in [2.75, 3.05) is 11.4 Å².